The fraction of sp³-hybridized carbons (Fsp3) is 0.111. The molecule has 0 saturated heterocycles. The molecule has 0 amide bonds. The quantitative estimate of drug-likeness (QED) is 0.753. The van der Waals surface area contributed by atoms with E-state index in [1.54, 1.807) is 0 Å². The van der Waals surface area contributed by atoms with Crippen molar-refractivity contribution in [3.63, 3.8) is 0 Å². The van der Waals surface area contributed by atoms with Crippen LogP contribution >= 0.6 is 0 Å². The van der Waals surface area contributed by atoms with Crippen LogP contribution in [0.25, 0.3) is 0 Å². The molecule has 7 nitrogen and oxygen atoms in total. The Morgan fingerprint density at radius 1 is 1.06 bits per heavy atom. The average Bonchev–Trinajstić information content (AvgIpc) is 2.14. The van der Waals surface area contributed by atoms with E-state index in [0.717, 1.165) is 24.5 Å². The first-order chi connectivity index (χ1) is 7.69. The maximum absolute atomic E-state index is 10.8. The zero-order chi connectivity index (χ0) is 13.2. The maximum Gasteiger partial charge on any atom is 0.335 e. The Labute approximate surface area is 96.4 Å². The molecule has 0 fully saturated rings. The highest BCUT2D eigenvalue weighted by molar-refractivity contribution is 7.86. The second-order valence-electron chi connectivity index (χ2n) is 3.14. The Morgan fingerprint density at radius 3 is 1.76 bits per heavy atom. The summed E-state index contributed by atoms with van der Waals surface area (Å²) in [6.45, 7) is 0. The molecule has 0 aliphatic rings. The van der Waals surface area contributed by atoms with Gasteiger partial charge in [0.05, 0.1) is 17.4 Å². The number of benzene rings is 1. The van der Waals surface area contributed by atoms with E-state index in [2.05, 4.69) is 4.18 Å². The number of hydrogen-bond donors (Lipinski definition) is 2. The largest absolute Gasteiger partial charge is 0.478 e. The molecule has 2 N–H and O–H groups in total. The summed E-state index contributed by atoms with van der Waals surface area (Å²) >= 11 is 0. The van der Waals surface area contributed by atoms with E-state index in [9.17, 15) is 18.0 Å². The summed E-state index contributed by atoms with van der Waals surface area (Å²) < 4.78 is 26.1. The van der Waals surface area contributed by atoms with Gasteiger partial charge in [-0.15, -0.1) is 0 Å². The van der Waals surface area contributed by atoms with Gasteiger partial charge in [0.15, 0.2) is 0 Å². The van der Waals surface area contributed by atoms with Crippen molar-refractivity contribution in [2.24, 2.45) is 0 Å². The third-order valence-corrected chi connectivity index (χ3v) is 2.14. The van der Waals surface area contributed by atoms with Crippen LogP contribution in [0.4, 0.5) is 0 Å². The Hall–Kier alpha value is -2.09. The molecule has 0 saturated carbocycles. The van der Waals surface area contributed by atoms with Crippen LogP contribution in [-0.4, -0.2) is 36.8 Å². The number of carboxylic acids is 2. The molecule has 0 bridgehead atoms. The Morgan fingerprint density at radius 2 is 1.47 bits per heavy atom. The molecule has 0 aliphatic carbocycles. The van der Waals surface area contributed by atoms with Crippen LogP contribution in [0.2, 0.25) is 0 Å². The van der Waals surface area contributed by atoms with Gasteiger partial charge in [-0.3, -0.25) is 0 Å². The predicted octanol–water partition coefficient (Wildman–Crippen LogP) is 0.421. The lowest BCUT2D eigenvalue weighted by Crippen LogP contribution is -2.09. The molecular formula is C9H8O7S. The summed E-state index contributed by atoms with van der Waals surface area (Å²) in [5, 5.41) is 17.4. The minimum atomic E-state index is -3.85. The van der Waals surface area contributed by atoms with E-state index in [0.29, 0.717) is 0 Å². The van der Waals surface area contributed by atoms with Gasteiger partial charge in [0.2, 0.25) is 0 Å². The number of carboxylic acid groups (broad SMARTS) is 2. The summed E-state index contributed by atoms with van der Waals surface area (Å²) in [6, 6.07) is 2.76. The van der Waals surface area contributed by atoms with Gasteiger partial charge in [-0.2, -0.15) is 8.42 Å². The predicted molar refractivity (Wildman–Crippen MR) is 55.8 cm³/mol. The normalized spacial score (nSPS) is 10.9. The van der Waals surface area contributed by atoms with Crippen molar-refractivity contribution in [3.05, 3.63) is 29.3 Å². The lowest BCUT2D eigenvalue weighted by Gasteiger charge is -2.05. The summed E-state index contributed by atoms with van der Waals surface area (Å²) in [5.74, 6) is -3.12. The van der Waals surface area contributed by atoms with Crippen molar-refractivity contribution in [2.45, 2.75) is 0 Å². The van der Waals surface area contributed by atoms with E-state index in [-0.39, 0.29) is 16.9 Å². The van der Waals surface area contributed by atoms with Gasteiger partial charge in [0, 0.05) is 0 Å². The van der Waals surface area contributed by atoms with E-state index in [1.165, 1.54) is 0 Å². The molecule has 17 heavy (non-hydrogen) atoms. The molecule has 0 spiro atoms. The van der Waals surface area contributed by atoms with Gasteiger partial charge in [0.1, 0.15) is 5.75 Å². The molecule has 0 unspecified atom stereocenters. The smallest absolute Gasteiger partial charge is 0.335 e. The highest BCUT2D eigenvalue weighted by atomic mass is 32.2. The van der Waals surface area contributed by atoms with Gasteiger partial charge < -0.3 is 14.4 Å². The van der Waals surface area contributed by atoms with Crippen molar-refractivity contribution in [1.29, 1.82) is 0 Å². The fourth-order valence-electron chi connectivity index (χ4n) is 1.07. The SMILES string of the molecule is CS(=O)(=O)Oc1cc(C(=O)O)cc(C(=O)O)c1. The fourth-order valence-corrected chi connectivity index (χ4v) is 1.51. The van der Waals surface area contributed by atoms with Crippen LogP contribution in [0.15, 0.2) is 18.2 Å². The molecule has 0 radical (unpaired) electrons. The van der Waals surface area contributed by atoms with Crippen molar-refractivity contribution in [1.82, 2.24) is 0 Å². The second kappa shape index (κ2) is 4.42. The second-order valence-corrected chi connectivity index (χ2v) is 4.72. The van der Waals surface area contributed by atoms with Crippen LogP contribution in [0.5, 0.6) is 5.75 Å². The van der Waals surface area contributed by atoms with Crippen LogP contribution in [0.3, 0.4) is 0 Å². The highest BCUT2D eigenvalue weighted by Gasteiger charge is 2.14. The third-order valence-electron chi connectivity index (χ3n) is 1.65. The molecule has 8 heteroatoms. The first-order valence-corrected chi connectivity index (χ1v) is 6.02. The van der Waals surface area contributed by atoms with Crippen LogP contribution < -0.4 is 4.18 Å². The summed E-state index contributed by atoms with van der Waals surface area (Å²) in [4.78, 5) is 21.4. The summed E-state index contributed by atoms with van der Waals surface area (Å²) in [7, 11) is -3.85. The Bertz CT molecular complexity index is 541. The minimum Gasteiger partial charge on any atom is -0.478 e. The van der Waals surface area contributed by atoms with Crippen LogP contribution in [0.1, 0.15) is 20.7 Å². The number of hydrogen-bond acceptors (Lipinski definition) is 5. The Kier molecular flexibility index (Phi) is 3.37. The molecule has 0 aliphatic heterocycles. The summed E-state index contributed by atoms with van der Waals surface area (Å²) in [5.41, 5.74) is -0.743. The monoisotopic (exact) mass is 260 g/mol. The highest BCUT2D eigenvalue weighted by Crippen LogP contribution is 2.19. The van der Waals surface area contributed by atoms with Crippen molar-refractivity contribution >= 4 is 22.1 Å². The van der Waals surface area contributed by atoms with Gasteiger partial charge >= 0.3 is 22.1 Å². The maximum atomic E-state index is 10.8. The topological polar surface area (TPSA) is 118 Å². The van der Waals surface area contributed by atoms with Crippen LogP contribution in [0, 0.1) is 0 Å². The van der Waals surface area contributed by atoms with E-state index >= 15 is 0 Å². The molecule has 1 aromatic carbocycles. The number of aromatic carboxylic acids is 2. The number of carbonyl (C=O) groups is 2. The average molecular weight is 260 g/mol. The lowest BCUT2D eigenvalue weighted by molar-refractivity contribution is 0.0696. The molecular weight excluding hydrogens is 252 g/mol. The van der Waals surface area contributed by atoms with E-state index < -0.39 is 22.1 Å². The summed E-state index contributed by atoms with van der Waals surface area (Å²) in [6.07, 6.45) is 0.765. The minimum absolute atomic E-state index is 0.357. The van der Waals surface area contributed by atoms with Crippen LogP contribution in [-0.2, 0) is 10.1 Å². The third kappa shape index (κ3) is 3.76. The molecule has 92 valence electrons. The Balaban J connectivity index is 3.31. The van der Waals surface area contributed by atoms with Crippen molar-refractivity contribution in [2.75, 3.05) is 6.26 Å². The van der Waals surface area contributed by atoms with Gasteiger partial charge in [-0.1, -0.05) is 0 Å². The molecule has 0 heterocycles. The first kappa shape index (κ1) is 13.0. The number of rotatable bonds is 4. The molecule has 1 rings (SSSR count). The zero-order valence-electron chi connectivity index (χ0n) is 8.58. The standard InChI is InChI=1S/C9H8O7S/c1-17(14,15)16-7-3-5(8(10)11)2-6(4-7)9(12)13/h2-4H,1H3,(H,10,11)(H,12,13). The van der Waals surface area contributed by atoms with Crippen molar-refractivity contribution in [3.8, 4) is 5.75 Å². The molecule has 1 aromatic rings. The van der Waals surface area contributed by atoms with E-state index in [1.807, 2.05) is 0 Å². The van der Waals surface area contributed by atoms with Crippen molar-refractivity contribution < 1.29 is 32.4 Å². The van der Waals surface area contributed by atoms with Gasteiger partial charge in [0.25, 0.3) is 0 Å². The van der Waals surface area contributed by atoms with Gasteiger partial charge in [-0.25, -0.2) is 9.59 Å². The first-order valence-electron chi connectivity index (χ1n) is 4.20. The molecule has 0 aromatic heterocycles. The molecule has 0 atom stereocenters. The zero-order valence-corrected chi connectivity index (χ0v) is 9.39. The van der Waals surface area contributed by atoms with E-state index in [4.69, 9.17) is 10.2 Å². The lowest BCUT2D eigenvalue weighted by atomic mass is 10.1. The van der Waals surface area contributed by atoms with Gasteiger partial charge in [-0.05, 0) is 18.2 Å².